The molecule has 2 heterocycles. The van der Waals surface area contributed by atoms with Gasteiger partial charge in [0.1, 0.15) is 0 Å². The molecule has 6 heteroatoms. The van der Waals surface area contributed by atoms with Crippen LogP contribution in [0, 0.1) is 5.92 Å². The first-order valence-electron chi connectivity index (χ1n) is 7.10. The van der Waals surface area contributed by atoms with E-state index in [4.69, 9.17) is 5.73 Å². The summed E-state index contributed by atoms with van der Waals surface area (Å²) in [6.45, 7) is 2.40. The number of hydrogen-bond acceptors (Lipinski definition) is 3. The zero-order valence-corrected chi connectivity index (χ0v) is 11.9. The average Bonchev–Trinajstić information content (AvgIpc) is 2.95. The first-order chi connectivity index (χ1) is 10.1. The van der Waals surface area contributed by atoms with Crippen LogP contribution in [-0.2, 0) is 4.79 Å². The molecule has 2 amide bonds. The summed E-state index contributed by atoms with van der Waals surface area (Å²) in [4.78, 5) is 26.0. The molecule has 0 saturated carbocycles. The van der Waals surface area contributed by atoms with E-state index < -0.39 is 0 Å². The van der Waals surface area contributed by atoms with Gasteiger partial charge in [-0.05, 0) is 31.9 Å². The van der Waals surface area contributed by atoms with E-state index in [1.165, 1.54) is 0 Å². The largest absolute Gasteiger partial charge is 0.369 e. The smallest absolute Gasteiger partial charge is 0.254 e. The zero-order valence-electron chi connectivity index (χ0n) is 11.9. The molecule has 6 nitrogen and oxygen atoms in total. The lowest BCUT2D eigenvalue weighted by Crippen LogP contribution is -2.48. The Labute approximate surface area is 122 Å². The number of carbonyl (C=O) groups excluding carboxylic acids is 2. The minimum Gasteiger partial charge on any atom is -0.369 e. The maximum atomic E-state index is 12.8. The van der Waals surface area contributed by atoms with E-state index in [0.717, 1.165) is 23.7 Å². The lowest BCUT2D eigenvalue weighted by Gasteiger charge is -2.37. The summed E-state index contributed by atoms with van der Waals surface area (Å²) in [6.07, 6.45) is 3.19. The number of aromatic amines is 1. The van der Waals surface area contributed by atoms with Crippen LogP contribution in [0.4, 0.5) is 0 Å². The third-order valence-electron chi connectivity index (χ3n) is 4.26. The highest BCUT2D eigenvalue weighted by atomic mass is 16.2. The summed E-state index contributed by atoms with van der Waals surface area (Å²) in [7, 11) is 0. The fraction of sp³-hybridized carbons (Fsp3) is 0.400. The molecule has 0 aliphatic carbocycles. The number of aromatic nitrogens is 2. The molecule has 110 valence electrons. The number of nitrogens with zero attached hydrogens (tertiary/aromatic N) is 2. The Morgan fingerprint density at radius 1 is 1.38 bits per heavy atom. The van der Waals surface area contributed by atoms with Gasteiger partial charge in [-0.3, -0.25) is 14.7 Å². The number of hydrogen-bond donors (Lipinski definition) is 2. The van der Waals surface area contributed by atoms with Gasteiger partial charge >= 0.3 is 0 Å². The van der Waals surface area contributed by atoms with Crippen molar-refractivity contribution >= 4 is 22.7 Å². The van der Waals surface area contributed by atoms with Crippen molar-refractivity contribution in [3.05, 3.63) is 30.0 Å². The van der Waals surface area contributed by atoms with Gasteiger partial charge in [0.05, 0.1) is 23.2 Å². The SMILES string of the molecule is C[C@H]1CC[C@@H](C(N)=O)CN1C(=O)c1cccc2[nH]ncc12. The number of nitrogens with one attached hydrogen (secondary N) is 1. The monoisotopic (exact) mass is 286 g/mol. The summed E-state index contributed by atoms with van der Waals surface area (Å²) in [5.74, 6) is -0.657. The predicted octanol–water partition coefficient (Wildman–Crippen LogP) is 1.29. The van der Waals surface area contributed by atoms with Gasteiger partial charge in [-0.1, -0.05) is 6.07 Å². The molecular formula is C15H18N4O2. The lowest BCUT2D eigenvalue weighted by atomic mass is 9.92. The molecular weight excluding hydrogens is 268 g/mol. The van der Waals surface area contributed by atoms with Gasteiger partial charge in [0.15, 0.2) is 0 Å². The van der Waals surface area contributed by atoms with Crippen LogP contribution in [0.25, 0.3) is 10.9 Å². The maximum absolute atomic E-state index is 12.8. The van der Waals surface area contributed by atoms with Crippen molar-refractivity contribution in [1.82, 2.24) is 15.1 Å². The van der Waals surface area contributed by atoms with Crippen molar-refractivity contribution in [2.45, 2.75) is 25.8 Å². The summed E-state index contributed by atoms with van der Waals surface area (Å²) in [6, 6.07) is 5.61. The molecule has 1 aliphatic heterocycles. The molecule has 3 rings (SSSR count). The van der Waals surface area contributed by atoms with E-state index in [-0.39, 0.29) is 23.8 Å². The Balaban J connectivity index is 1.93. The normalized spacial score (nSPS) is 22.4. The van der Waals surface area contributed by atoms with Crippen molar-refractivity contribution in [3.63, 3.8) is 0 Å². The van der Waals surface area contributed by atoms with Crippen LogP contribution < -0.4 is 5.73 Å². The van der Waals surface area contributed by atoms with Gasteiger partial charge in [-0.15, -0.1) is 0 Å². The second-order valence-electron chi connectivity index (χ2n) is 5.62. The Hall–Kier alpha value is -2.37. The molecule has 1 saturated heterocycles. The molecule has 0 spiro atoms. The van der Waals surface area contributed by atoms with E-state index in [2.05, 4.69) is 10.2 Å². The zero-order chi connectivity index (χ0) is 15.0. The number of nitrogens with two attached hydrogens (primary N) is 1. The summed E-state index contributed by atoms with van der Waals surface area (Å²) < 4.78 is 0. The number of amides is 2. The van der Waals surface area contributed by atoms with E-state index in [9.17, 15) is 9.59 Å². The first-order valence-corrected chi connectivity index (χ1v) is 7.10. The molecule has 1 aliphatic rings. The number of carbonyl (C=O) groups is 2. The molecule has 3 N–H and O–H groups in total. The van der Waals surface area contributed by atoms with E-state index in [1.54, 1.807) is 17.2 Å². The van der Waals surface area contributed by atoms with Gasteiger partial charge in [-0.2, -0.15) is 5.10 Å². The van der Waals surface area contributed by atoms with Gasteiger partial charge in [0, 0.05) is 18.0 Å². The lowest BCUT2D eigenvalue weighted by molar-refractivity contribution is -0.123. The quantitative estimate of drug-likeness (QED) is 0.871. The molecule has 0 bridgehead atoms. The average molecular weight is 286 g/mol. The minimum atomic E-state index is -0.332. The maximum Gasteiger partial charge on any atom is 0.254 e. The van der Waals surface area contributed by atoms with Crippen LogP contribution in [0.15, 0.2) is 24.4 Å². The van der Waals surface area contributed by atoms with Crippen LogP contribution >= 0.6 is 0 Å². The summed E-state index contributed by atoms with van der Waals surface area (Å²) in [5.41, 5.74) is 6.84. The highest BCUT2D eigenvalue weighted by Gasteiger charge is 2.32. The van der Waals surface area contributed by atoms with Crippen molar-refractivity contribution in [2.24, 2.45) is 11.7 Å². The van der Waals surface area contributed by atoms with Crippen LogP contribution in [0.2, 0.25) is 0 Å². The first kappa shape index (κ1) is 13.6. The molecule has 1 fully saturated rings. The summed E-state index contributed by atoms with van der Waals surface area (Å²) >= 11 is 0. The standard InChI is InChI=1S/C15H18N4O2/c1-9-5-6-10(14(16)20)8-19(9)15(21)11-3-2-4-13-12(11)7-17-18-13/h2-4,7,9-10H,5-6,8H2,1H3,(H2,16,20)(H,17,18)/t9-,10+/m0/s1. The Kier molecular flexibility index (Phi) is 3.37. The van der Waals surface area contributed by atoms with Gasteiger partial charge in [-0.25, -0.2) is 0 Å². The molecule has 0 radical (unpaired) electrons. The molecule has 2 atom stereocenters. The Morgan fingerprint density at radius 3 is 2.95 bits per heavy atom. The highest BCUT2D eigenvalue weighted by Crippen LogP contribution is 2.25. The molecule has 2 aromatic rings. The van der Waals surface area contributed by atoms with Crippen LogP contribution in [-0.4, -0.2) is 39.5 Å². The minimum absolute atomic E-state index is 0.0690. The van der Waals surface area contributed by atoms with Gasteiger partial charge < -0.3 is 10.6 Å². The second-order valence-corrected chi connectivity index (χ2v) is 5.62. The molecule has 1 aromatic carbocycles. The van der Waals surface area contributed by atoms with Crippen molar-refractivity contribution < 1.29 is 9.59 Å². The molecule has 1 aromatic heterocycles. The van der Waals surface area contributed by atoms with E-state index in [1.807, 2.05) is 19.1 Å². The molecule has 0 unspecified atom stereocenters. The number of H-pyrrole nitrogens is 1. The number of piperidine rings is 1. The van der Waals surface area contributed by atoms with Gasteiger partial charge in [0.2, 0.25) is 5.91 Å². The number of fused-ring (bicyclic) bond motifs is 1. The number of rotatable bonds is 2. The molecule has 21 heavy (non-hydrogen) atoms. The van der Waals surface area contributed by atoms with Gasteiger partial charge in [0.25, 0.3) is 5.91 Å². The van der Waals surface area contributed by atoms with Crippen LogP contribution in [0.1, 0.15) is 30.1 Å². The second kappa shape index (κ2) is 5.20. The van der Waals surface area contributed by atoms with Crippen molar-refractivity contribution in [2.75, 3.05) is 6.54 Å². The fourth-order valence-corrected chi connectivity index (χ4v) is 2.93. The van der Waals surface area contributed by atoms with Crippen LogP contribution in [0.3, 0.4) is 0 Å². The number of primary amides is 1. The number of likely N-dealkylation sites (tertiary alicyclic amines) is 1. The Morgan fingerprint density at radius 2 is 2.19 bits per heavy atom. The van der Waals surface area contributed by atoms with Crippen LogP contribution in [0.5, 0.6) is 0 Å². The number of benzene rings is 1. The topological polar surface area (TPSA) is 92.1 Å². The summed E-state index contributed by atoms with van der Waals surface area (Å²) in [5, 5.41) is 7.64. The fourth-order valence-electron chi connectivity index (χ4n) is 2.93. The Bertz CT molecular complexity index is 694. The van der Waals surface area contributed by atoms with Crippen molar-refractivity contribution in [3.8, 4) is 0 Å². The van der Waals surface area contributed by atoms with Crippen molar-refractivity contribution in [1.29, 1.82) is 0 Å². The third-order valence-corrected chi connectivity index (χ3v) is 4.26. The third kappa shape index (κ3) is 2.37. The van der Waals surface area contributed by atoms with E-state index in [0.29, 0.717) is 12.1 Å². The highest BCUT2D eigenvalue weighted by molar-refractivity contribution is 6.06. The van der Waals surface area contributed by atoms with E-state index >= 15 is 0 Å². The predicted molar refractivity (Wildman–Crippen MR) is 78.5 cm³/mol.